The highest BCUT2D eigenvalue weighted by Gasteiger charge is 2.40. The summed E-state index contributed by atoms with van der Waals surface area (Å²) < 4.78 is 0. The fraction of sp³-hybridized carbons (Fsp3) is 0.320. The minimum Gasteiger partial charge on any atom is -0.310 e. The molecule has 0 heterocycles. The van der Waals surface area contributed by atoms with E-state index in [4.69, 9.17) is 0 Å². The van der Waals surface area contributed by atoms with Crippen LogP contribution < -0.4 is 4.90 Å². The van der Waals surface area contributed by atoms with Gasteiger partial charge in [-0.1, -0.05) is 131 Å². The number of rotatable bonds is 6. The molecule has 3 atom stereocenters. The quantitative estimate of drug-likeness (QED) is 0.171. The molecule has 0 N–H and O–H groups in total. The van der Waals surface area contributed by atoms with Gasteiger partial charge in [-0.15, -0.1) is 0 Å². The Labute approximate surface area is 304 Å². The monoisotopic (exact) mass is 663 g/mol. The fourth-order valence-electron chi connectivity index (χ4n) is 10.8. The minimum absolute atomic E-state index is 0.110. The van der Waals surface area contributed by atoms with Gasteiger partial charge in [0.1, 0.15) is 0 Å². The third kappa shape index (κ3) is 5.26. The third-order valence-electron chi connectivity index (χ3n) is 13.5. The number of hydrogen-bond acceptors (Lipinski definition) is 1. The molecule has 4 aliphatic rings. The molecule has 3 saturated carbocycles. The molecule has 4 aliphatic carbocycles. The van der Waals surface area contributed by atoms with Crippen molar-refractivity contribution < 1.29 is 0 Å². The molecule has 0 spiro atoms. The van der Waals surface area contributed by atoms with E-state index in [0.717, 1.165) is 17.8 Å². The van der Waals surface area contributed by atoms with Gasteiger partial charge in [-0.25, -0.2) is 0 Å². The van der Waals surface area contributed by atoms with Crippen molar-refractivity contribution in [3.8, 4) is 22.3 Å². The Hall–Kier alpha value is -4.62. The van der Waals surface area contributed by atoms with Crippen LogP contribution in [0.15, 0.2) is 127 Å². The molecule has 0 radical (unpaired) electrons. The molecule has 6 aromatic carbocycles. The van der Waals surface area contributed by atoms with Crippen molar-refractivity contribution in [1.82, 2.24) is 0 Å². The van der Waals surface area contributed by atoms with Crippen LogP contribution in [0.3, 0.4) is 0 Å². The summed E-state index contributed by atoms with van der Waals surface area (Å²) in [6.45, 7) is 4.82. The van der Waals surface area contributed by atoms with E-state index in [2.05, 4.69) is 146 Å². The van der Waals surface area contributed by atoms with Gasteiger partial charge in [0.25, 0.3) is 0 Å². The number of anilines is 3. The van der Waals surface area contributed by atoms with E-state index in [9.17, 15) is 0 Å². The second-order valence-electron chi connectivity index (χ2n) is 16.8. The van der Waals surface area contributed by atoms with E-state index in [1.54, 1.807) is 5.56 Å². The number of nitrogens with zero attached hydrogens (tertiary/aromatic N) is 1. The Kier molecular flexibility index (Phi) is 7.49. The SMILES string of the molecule is CC1(C)c2cc(N(c3ccc(C4CC5CCC4C5)cc3)c3ccc4ccc(C5CCCCC5)cc4c3)ccc2-c2c(-c3ccccc3)cccc21. The molecule has 1 nitrogen and oxygen atoms in total. The van der Waals surface area contributed by atoms with Gasteiger partial charge >= 0.3 is 0 Å². The van der Waals surface area contributed by atoms with Gasteiger partial charge in [0.2, 0.25) is 0 Å². The van der Waals surface area contributed by atoms with Crippen LogP contribution >= 0.6 is 0 Å². The molecule has 0 aliphatic heterocycles. The molecule has 10 rings (SSSR count). The number of fused-ring (bicyclic) bond motifs is 6. The molecule has 3 fully saturated rings. The summed E-state index contributed by atoms with van der Waals surface area (Å²) in [6.07, 6.45) is 12.5. The second kappa shape index (κ2) is 12.3. The Morgan fingerprint density at radius 2 is 1.27 bits per heavy atom. The number of hydrogen-bond donors (Lipinski definition) is 0. The second-order valence-corrected chi connectivity index (χ2v) is 16.8. The Bertz CT molecular complexity index is 2240. The van der Waals surface area contributed by atoms with Crippen LogP contribution in [0.5, 0.6) is 0 Å². The van der Waals surface area contributed by atoms with Gasteiger partial charge in [-0.3, -0.25) is 0 Å². The smallest absolute Gasteiger partial charge is 0.0468 e. The molecule has 1 heteroatoms. The van der Waals surface area contributed by atoms with Crippen LogP contribution in [0.2, 0.25) is 0 Å². The Morgan fingerprint density at radius 3 is 2.06 bits per heavy atom. The largest absolute Gasteiger partial charge is 0.310 e. The van der Waals surface area contributed by atoms with Crippen molar-refractivity contribution >= 4 is 27.8 Å². The Morgan fingerprint density at radius 1 is 0.529 bits per heavy atom. The van der Waals surface area contributed by atoms with Crippen molar-refractivity contribution in [3.63, 3.8) is 0 Å². The van der Waals surface area contributed by atoms with E-state index in [0.29, 0.717) is 5.92 Å². The van der Waals surface area contributed by atoms with Crippen LogP contribution in [-0.2, 0) is 5.41 Å². The molecular formula is C50H49N. The first kappa shape index (κ1) is 31.1. The van der Waals surface area contributed by atoms with E-state index < -0.39 is 0 Å². The van der Waals surface area contributed by atoms with E-state index in [1.807, 2.05) is 0 Å². The highest BCUT2D eigenvalue weighted by Crippen LogP contribution is 2.55. The summed E-state index contributed by atoms with van der Waals surface area (Å²) in [6, 6.07) is 49.2. The normalized spacial score (nSPS) is 21.9. The molecule has 0 amide bonds. The highest BCUT2D eigenvalue weighted by molar-refractivity contribution is 5.95. The van der Waals surface area contributed by atoms with Crippen molar-refractivity contribution in [1.29, 1.82) is 0 Å². The highest BCUT2D eigenvalue weighted by atomic mass is 15.1. The summed E-state index contributed by atoms with van der Waals surface area (Å²) in [4.78, 5) is 2.52. The zero-order valence-electron chi connectivity index (χ0n) is 30.2. The molecule has 6 aromatic rings. The van der Waals surface area contributed by atoms with Crippen LogP contribution in [0.25, 0.3) is 33.0 Å². The molecule has 254 valence electrons. The van der Waals surface area contributed by atoms with Crippen molar-refractivity contribution in [2.24, 2.45) is 11.8 Å². The van der Waals surface area contributed by atoms with Gasteiger partial charge in [0.05, 0.1) is 0 Å². The summed E-state index contributed by atoms with van der Waals surface area (Å²) in [5, 5.41) is 2.67. The van der Waals surface area contributed by atoms with Crippen LogP contribution in [-0.4, -0.2) is 0 Å². The standard InChI is InChI=1S/C50H49N/c1-50(2)47-15-9-14-44(36-12-7-4-8-13-36)49(47)45-27-26-43(32-48(45)50)51(41-23-21-37(22-24-41)46-29-33-16-17-39(46)28-33)42-25-20-35-18-19-38(30-40(35)31-42)34-10-5-3-6-11-34/h4,7-9,12-15,18-27,30-34,39,46H,3,5-6,10-11,16-17,28-29H2,1-2H3. The molecule has 3 unspecified atom stereocenters. The van der Waals surface area contributed by atoms with E-state index in [1.165, 1.54) is 125 Å². The van der Waals surface area contributed by atoms with Crippen LogP contribution in [0.1, 0.15) is 106 Å². The molecule has 0 saturated heterocycles. The molecule has 51 heavy (non-hydrogen) atoms. The summed E-state index contributed by atoms with van der Waals surface area (Å²) in [5.41, 5.74) is 14.8. The Balaban J connectivity index is 1.09. The lowest BCUT2D eigenvalue weighted by Crippen LogP contribution is -2.16. The van der Waals surface area contributed by atoms with E-state index >= 15 is 0 Å². The predicted molar refractivity (Wildman–Crippen MR) is 216 cm³/mol. The van der Waals surface area contributed by atoms with E-state index in [-0.39, 0.29) is 5.41 Å². The summed E-state index contributed by atoms with van der Waals surface area (Å²) in [7, 11) is 0. The minimum atomic E-state index is -0.110. The zero-order chi connectivity index (χ0) is 34.1. The summed E-state index contributed by atoms with van der Waals surface area (Å²) in [5.74, 6) is 3.27. The lowest BCUT2D eigenvalue weighted by atomic mass is 9.81. The molecule has 2 bridgehead atoms. The van der Waals surface area contributed by atoms with Crippen molar-refractivity contribution in [2.75, 3.05) is 4.90 Å². The predicted octanol–water partition coefficient (Wildman–Crippen LogP) is 14.2. The number of benzene rings is 6. The van der Waals surface area contributed by atoms with Crippen molar-refractivity contribution in [2.45, 2.75) is 88.9 Å². The topological polar surface area (TPSA) is 3.24 Å². The average Bonchev–Trinajstić information content (AvgIpc) is 3.88. The first-order valence-electron chi connectivity index (χ1n) is 19.8. The first-order valence-corrected chi connectivity index (χ1v) is 19.8. The lowest BCUT2D eigenvalue weighted by Gasteiger charge is -2.29. The zero-order valence-corrected chi connectivity index (χ0v) is 30.2. The lowest BCUT2D eigenvalue weighted by molar-refractivity contribution is 0.420. The van der Waals surface area contributed by atoms with Gasteiger partial charge in [0.15, 0.2) is 0 Å². The maximum atomic E-state index is 2.52. The van der Waals surface area contributed by atoms with Gasteiger partial charge < -0.3 is 4.90 Å². The maximum Gasteiger partial charge on any atom is 0.0468 e. The molecular weight excluding hydrogens is 615 g/mol. The fourth-order valence-corrected chi connectivity index (χ4v) is 10.8. The van der Waals surface area contributed by atoms with Gasteiger partial charge in [-0.05, 0) is 147 Å². The van der Waals surface area contributed by atoms with Crippen molar-refractivity contribution in [3.05, 3.63) is 150 Å². The maximum absolute atomic E-state index is 2.52. The van der Waals surface area contributed by atoms with Crippen LogP contribution in [0.4, 0.5) is 17.1 Å². The first-order chi connectivity index (χ1) is 25.0. The van der Waals surface area contributed by atoms with Crippen LogP contribution in [0, 0.1) is 11.8 Å². The van der Waals surface area contributed by atoms with Gasteiger partial charge in [-0.2, -0.15) is 0 Å². The summed E-state index contributed by atoms with van der Waals surface area (Å²) >= 11 is 0. The van der Waals surface area contributed by atoms with Gasteiger partial charge in [0, 0.05) is 22.5 Å². The average molecular weight is 664 g/mol. The molecule has 0 aromatic heterocycles. The third-order valence-corrected chi connectivity index (χ3v) is 13.5.